The van der Waals surface area contributed by atoms with E-state index in [1.165, 1.54) is 22.3 Å². The van der Waals surface area contributed by atoms with Crippen LogP contribution in [0.1, 0.15) is 28.7 Å². The number of nitrogens with zero attached hydrogens (tertiary/aromatic N) is 1. The summed E-state index contributed by atoms with van der Waals surface area (Å²) >= 11 is 3.57. The number of hydrogen-bond donors (Lipinski definition) is 1. The van der Waals surface area contributed by atoms with Crippen LogP contribution in [-0.4, -0.2) is 30.4 Å². The molecule has 2 aromatic carbocycles. The van der Waals surface area contributed by atoms with Crippen molar-refractivity contribution in [2.45, 2.75) is 38.3 Å². The number of hydrogen-bond acceptors (Lipinski definition) is 2. The summed E-state index contributed by atoms with van der Waals surface area (Å²) in [6.07, 6.45) is 3.83. The van der Waals surface area contributed by atoms with Gasteiger partial charge < -0.3 is 5.32 Å². The van der Waals surface area contributed by atoms with Crippen LogP contribution in [0.4, 0.5) is 0 Å². The predicted octanol–water partition coefficient (Wildman–Crippen LogP) is 3.73. The zero-order valence-corrected chi connectivity index (χ0v) is 16.8. The molecule has 1 aliphatic heterocycles. The topological polar surface area (TPSA) is 32.3 Å². The Morgan fingerprint density at radius 1 is 1.12 bits per heavy atom. The van der Waals surface area contributed by atoms with Gasteiger partial charge in [0.05, 0.1) is 0 Å². The lowest BCUT2D eigenvalue weighted by Crippen LogP contribution is -2.47. The molecule has 1 aliphatic carbocycles. The van der Waals surface area contributed by atoms with E-state index in [0.717, 1.165) is 43.2 Å². The summed E-state index contributed by atoms with van der Waals surface area (Å²) in [7, 11) is 2.15. The van der Waals surface area contributed by atoms with Gasteiger partial charge in [0.1, 0.15) is 0 Å². The van der Waals surface area contributed by atoms with Gasteiger partial charge >= 0.3 is 0 Å². The number of fused-ring (bicyclic) bond motifs is 2. The van der Waals surface area contributed by atoms with Crippen LogP contribution < -0.4 is 5.32 Å². The fourth-order valence-corrected chi connectivity index (χ4v) is 4.67. The van der Waals surface area contributed by atoms with Crippen molar-refractivity contribution in [1.82, 2.24) is 10.2 Å². The average molecular weight is 413 g/mol. The Morgan fingerprint density at radius 2 is 1.92 bits per heavy atom. The Balaban J connectivity index is 1.36. The number of amides is 1. The van der Waals surface area contributed by atoms with Crippen LogP contribution in [0.3, 0.4) is 0 Å². The minimum Gasteiger partial charge on any atom is -0.354 e. The van der Waals surface area contributed by atoms with E-state index in [1.807, 2.05) is 0 Å². The van der Waals surface area contributed by atoms with Gasteiger partial charge in [0.2, 0.25) is 5.91 Å². The Hall–Kier alpha value is -1.65. The summed E-state index contributed by atoms with van der Waals surface area (Å²) in [4.78, 5) is 15.1. The first-order valence-corrected chi connectivity index (χ1v) is 10.2. The maximum atomic E-state index is 12.7. The van der Waals surface area contributed by atoms with Crippen LogP contribution in [0.2, 0.25) is 0 Å². The SMILES string of the molecule is CN1Cc2ccc(Br)cc2C[C@H]1CNC(=O)C1CCc2ccccc2C1. The molecule has 3 nitrogen and oxygen atoms in total. The van der Waals surface area contributed by atoms with E-state index in [2.05, 4.69) is 75.7 Å². The maximum absolute atomic E-state index is 12.7. The molecule has 1 heterocycles. The van der Waals surface area contributed by atoms with Gasteiger partial charge in [-0.1, -0.05) is 46.3 Å². The lowest BCUT2D eigenvalue weighted by atomic mass is 9.83. The highest BCUT2D eigenvalue weighted by Crippen LogP contribution is 2.27. The van der Waals surface area contributed by atoms with Gasteiger partial charge in [-0.05, 0) is 67.1 Å². The zero-order chi connectivity index (χ0) is 18.1. The summed E-state index contributed by atoms with van der Waals surface area (Å²) < 4.78 is 1.13. The molecule has 0 aromatic heterocycles. The van der Waals surface area contributed by atoms with Crippen LogP contribution in [0.15, 0.2) is 46.9 Å². The second-order valence-electron chi connectivity index (χ2n) is 7.64. The molecule has 136 valence electrons. The van der Waals surface area contributed by atoms with E-state index in [9.17, 15) is 4.79 Å². The lowest BCUT2D eigenvalue weighted by molar-refractivity contribution is -0.125. The first-order valence-electron chi connectivity index (χ1n) is 9.42. The van der Waals surface area contributed by atoms with Crippen LogP contribution in [-0.2, 0) is 30.6 Å². The third-order valence-electron chi connectivity index (χ3n) is 5.90. The minimum atomic E-state index is 0.111. The number of rotatable bonds is 3. The van der Waals surface area contributed by atoms with E-state index in [1.54, 1.807) is 0 Å². The smallest absolute Gasteiger partial charge is 0.223 e. The number of carbonyl (C=O) groups is 1. The number of benzene rings is 2. The molecule has 0 spiro atoms. The van der Waals surface area contributed by atoms with Crippen LogP contribution in [0.5, 0.6) is 0 Å². The summed E-state index contributed by atoms with van der Waals surface area (Å²) in [5, 5.41) is 3.24. The summed E-state index contributed by atoms with van der Waals surface area (Å²) in [5.74, 6) is 0.327. The zero-order valence-electron chi connectivity index (χ0n) is 15.2. The van der Waals surface area contributed by atoms with Crippen molar-refractivity contribution in [3.05, 3.63) is 69.2 Å². The number of nitrogens with one attached hydrogen (secondary N) is 1. The van der Waals surface area contributed by atoms with Crippen molar-refractivity contribution in [3.63, 3.8) is 0 Å². The third kappa shape index (κ3) is 3.72. The largest absolute Gasteiger partial charge is 0.354 e. The summed E-state index contributed by atoms with van der Waals surface area (Å²) in [5.41, 5.74) is 5.53. The molecule has 2 aliphatic rings. The molecule has 1 N–H and O–H groups in total. The first-order chi connectivity index (χ1) is 12.6. The molecule has 26 heavy (non-hydrogen) atoms. The van der Waals surface area contributed by atoms with Crippen molar-refractivity contribution in [1.29, 1.82) is 0 Å². The van der Waals surface area contributed by atoms with Crippen LogP contribution >= 0.6 is 15.9 Å². The maximum Gasteiger partial charge on any atom is 0.223 e. The quantitative estimate of drug-likeness (QED) is 0.832. The van der Waals surface area contributed by atoms with Gasteiger partial charge in [-0.25, -0.2) is 0 Å². The Morgan fingerprint density at radius 3 is 2.77 bits per heavy atom. The molecule has 1 unspecified atom stereocenters. The van der Waals surface area contributed by atoms with Crippen molar-refractivity contribution in [2.24, 2.45) is 5.92 Å². The second-order valence-corrected chi connectivity index (χ2v) is 8.56. The van der Waals surface area contributed by atoms with Crippen molar-refractivity contribution in [2.75, 3.05) is 13.6 Å². The minimum absolute atomic E-state index is 0.111. The van der Waals surface area contributed by atoms with Gasteiger partial charge in [-0.3, -0.25) is 9.69 Å². The van der Waals surface area contributed by atoms with E-state index >= 15 is 0 Å². The summed E-state index contributed by atoms with van der Waals surface area (Å²) in [6, 6.07) is 15.4. The molecule has 4 heteroatoms. The van der Waals surface area contributed by atoms with Gasteiger partial charge in [0.15, 0.2) is 0 Å². The van der Waals surface area contributed by atoms with E-state index < -0.39 is 0 Å². The molecule has 1 amide bonds. The van der Waals surface area contributed by atoms with E-state index in [4.69, 9.17) is 0 Å². The molecule has 0 bridgehead atoms. The van der Waals surface area contributed by atoms with E-state index in [0.29, 0.717) is 6.04 Å². The predicted molar refractivity (Wildman–Crippen MR) is 108 cm³/mol. The summed E-state index contributed by atoms with van der Waals surface area (Å²) in [6.45, 7) is 1.67. The average Bonchev–Trinajstić information content (AvgIpc) is 2.66. The first kappa shape index (κ1) is 17.7. The molecule has 0 saturated heterocycles. The Labute approximate surface area is 163 Å². The normalized spacial score (nSPS) is 22.4. The molecule has 2 aromatic rings. The molecular formula is C22H25BrN2O. The standard InChI is InChI=1S/C22H25BrN2O/c1-25-14-18-8-9-20(23)11-19(18)12-21(25)13-24-22(26)17-7-6-15-4-2-3-5-16(15)10-17/h2-5,8-9,11,17,21H,6-7,10,12-14H2,1H3,(H,24,26)/t17?,21-/m0/s1. The lowest BCUT2D eigenvalue weighted by Gasteiger charge is -2.35. The fraction of sp³-hybridized carbons (Fsp3) is 0.409. The number of likely N-dealkylation sites (N-methyl/N-ethyl adjacent to an activating group) is 1. The molecule has 0 fully saturated rings. The monoisotopic (exact) mass is 412 g/mol. The van der Waals surface area contributed by atoms with Gasteiger partial charge in [0.25, 0.3) is 0 Å². The van der Waals surface area contributed by atoms with E-state index in [-0.39, 0.29) is 11.8 Å². The van der Waals surface area contributed by atoms with Gasteiger partial charge in [-0.15, -0.1) is 0 Å². The van der Waals surface area contributed by atoms with Crippen molar-refractivity contribution >= 4 is 21.8 Å². The highest BCUT2D eigenvalue weighted by molar-refractivity contribution is 9.10. The van der Waals surface area contributed by atoms with Gasteiger partial charge in [-0.2, -0.15) is 0 Å². The van der Waals surface area contributed by atoms with Gasteiger partial charge in [0, 0.05) is 29.5 Å². The number of carbonyl (C=O) groups excluding carboxylic acids is 1. The Bertz CT molecular complexity index is 820. The number of aryl methyl sites for hydroxylation is 1. The molecule has 4 rings (SSSR count). The third-order valence-corrected chi connectivity index (χ3v) is 6.39. The molecule has 2 atom stereocenters. The number of halogens is 1. The Kier molecular flexibility index (Phi) is 5.14. The van der Waals surface area contributed by atoms with Crippen molar-refractivity contribution in [3.8, 4) is 0 Å². The molecule has 0 saturated carbocycles. The second kappa shape index (κ2) is 7.53. The molecular weight excluding hydrogens is 388 g/mol. The highest BCUT2D eigenvalue weighted by atomic mass is 79.9. The fourth-order valence-electron chi connectivity index (χ4n) is 4.26. The highest BCUT2D eigenvalue weighted by Gasteiger charge is 2.27. The van der Waals surface area contributed by atoms with Crippen LogP contribution in [0, 0.1) is 5.92 Å². The molecule has 0 radical (unpaired) electrons. The van der Waals surface area contributed by atoms with Crippen LogP contribution in [0.25, 0.3) is 0 Å². The van der Waals surface area contributed by atoms with Crippen molar-refractivity contribution < 1.29 is 4.79 Å².